The second kappa shape index (κ2) is 5.82. The van der Waals surface area contributed by atoms with Gasteiger partial charge in [-0.1, -0.05) is 6.92 Å². The summed E-state index contributed by atoms with van der Waals surface area (Å²) in [6.45, 7) is 7.61. The van der Waals surface area contributed by atoms with Crippen molar-refractivity contribution in [1.82, 2.24) is 14.7 Å². The average Bonchev–Trinajstić information content (AvgIpc) is 2.56. The number of aliphatic carboxylic acids is 1. The Hall–Kier alpha value is -1.36. The third kappa shape index (κ3) is 3.56. The normalized spacial score (nSPS) is 13.0. The van der Waals surface area contributed by atoms with Crippen LogP contribution in [0, 0.1) is 6.92 Å². The average molecular weight is 239 g/mol. The maximum atomic E-state index is 10.7. The van der Waals surface area contributed by atoms with E-state index in [1.54, 1.807) is 0 Å². The van der Waals surface area contributed by atoms with Crippen LogP contribution in [0.5, 0.6) is 0 Å². The number of carbonyl (C=O) groups is 1. The molecule has 96 valence electrons. The van der Waals surface area contributed by atoms with Crippen LogP contribution in [0.3, 0.4) is 0 Å². The molecule has 0 saturated carbocycles. The summed E-state index contributed by atoms with van der Waals surface area (Å²) in [4.78, 5) is 12.9. The van der Waals surface area contributed by atoms with Crippen molar-refractivity contribution in [2.24, 2.45) is 7.05 Å². The van der Waals surface area contributed by atoms with Gasteiger partial charge < -0.3 is 5.11 Å². The summed E-state index contributed by atoms with van der Waals surface area (Å²) >= 11 is 0. The van der Waals surface area contributed by atoms with Gasteiger partial charge in [0.25, 0.3) is 0 Å². The fourth-order valence-corrected chi connectivity index (χ4v) is 1.88. The SMILES string of the molecule is CCN(Cc1cnn(C)c1C)C(C)CC(=O)O. The number of carboxylic acid groups (broad SMARTS) is 1. The molecule has 1 heterocycles. The van der Waals surface area contributed by atoms with E-state index in [9.17, 15) is 4.79 Å². The lowest BCUT2D eigenvalue weighted by atomic mass is 10.1. The lowest BCUT2D eigenvalue weighted by molar-refractivity contribution is -0.138. The minimum absolute atomic E-state index is 0.0390. The van der Waals surface area contributed by atoms with Gasteiger partial charge in [0.2, 0.25) is 0 Å². The zero-order valence-electron chi connectivity index (χ0n) is 11.0. The van der Waals surface area contributed by atoms with Crippen LogP contribution in [0.4, 0.5) is 0 Å². The number of carboxylic acids is 1. The molecule has 1 unspecified atom stereocenters. The highest BCUT2D eigenvalue weighted by molar-refractivity contribution is 5.67. The Morgan fingerprint density at radius 1 is 1.65 bits per heavy atom. The highest BCUT2D eigenvalue weighted by Crippen LogP contribution is 2.13. The van der Waals surface area contributed by atoms with E-state index in [2.05, 4.69) is 10.00 Å². The highest BCUT2D eigenvalue weighted by atomic mass is 16.4. The minimum Gasteiger partial charge on any atom is -0.481 e. The lowest BCUT2D eigenvalue weighted by Gasteiger charge is -2.26. The Morgan fingerprint density at radius 2 is 2.29 bits per heavy atom. The van der Waals surface area contributed by atoms with E-state index in [1.165, 1.54) is 0 Å². The van der Waals surface area contributed by atoms with Crippen LogP contribution in [0.25, 0.3) is 0 Å². The molecule has 0 aliphatic rings. The first kappa shape index (κ1) is 13.7. The van der Waals surface area contributed by atoms with Crippen molar-refractivity contribution in [3.8, 4) is 0 Å². The molecule has 1 atom stereocenters. The molecule has 0 fully saturated rings. The van der Waals surface area contributed by atoms with Gasteiger partial charge in [-0.2, -0.15) is 5.10 Å². The molecule has 0 amide bonds. The van der Waals surface area contributed by atoms with E-state index in [0.717, 1.165) is 24.3 Å². The summed E-state index contributed by atoms with van der Waals surface area (Å²) < 4.78 is 1.84. The van der Waals surface area contributed by atoms with Crippen LogP contribution < -0.4 is 0 Å². The van der Waals surface area contributed by atoms with Gasteiger partial charge in [0.1, 0.15) is 0 Å². The Kier molecular flexibility index (Phi) is 4.69. The molecule has 0 saturated heterocycles. The predicted octanol–water partition coefficient (Wildman–Crippen LogP) is 1.41. The first-order valence-electron chi connectivity index (χ1n) is 5.89. The number of nitrogens with zero attached hydrogens (tertiary/aromatic N) is 3. The van der Waals surface area contributed by atoms with Gasteiger partial charge in [-0.25, -0.2) is 0 Å². The summed E-state index contributed by atoms with van der Waals surface area (Å²) in [5.74, 6) is -0.751. The predicted molar refractivity (Wildman–Crippen MR) is 65.7 cm³/mol. The number of aromatic nitrogens is 2. The molecule has 0 aliphatic carbocycles. The quantitative estimate of drug-likeness (QED) is 0.815. The van der Waals surface area contributed by atoms with E-state index in [1.807, 2.05) is 38.7 Å². The van der Waals surface area contributed by atoms with Gasteiger partial charge in [-0.05, 0) is 20.4 Å². The summed E-state index contributed by atoms with van der Waals surface area (Å²) in [6.07, 6.45) is 2.03. The van der Waals surface area contributed by atoms with E-state index in [0.29, 0.717) is 0 Å². The summed E-state index contributed by atoms with van der Waals surface area (Å²) in [5.41, 5.74) is 2.29. The van der Waals surface area contributed by atoms with Crippen LogP contribution in [0.2, 0.25) is 0 Å². The van der Waals surface area contributed by atoms with Crippen molar-refractivity contribution in [2.75, 3.05) is 6.54 Å². The van der Waals surface area contributed by atoms with E-state index >= 15 is 0 Å². The zero-order chi connectivity index (χ0) is 13.0. The highest BCUT2D eigenvalue weighted by Gasteiger charge is 2.17. The molecule has 1 rings (SSSR count). The Bertz CT molecular complexity index is 387. The van der Waals surface area contributed by atoms with Crippen molar-refractivity contribution in [2.45, 2.75) is 39.8 Å². The van der Waals surface area contributed by atoms with Crippen molar-refractivity contribution < 1.29 is 9.90 Å². The second-order valence-corrected chi connectivity index (χ2v) is 4.39. The largest absolute Gasteiger partial charge is 0.481 e. The van der Waals surface area contributed by atoms with Gasteiger partial charge in [0.05, 0.1) is 12.6 Å². The van der Waals surface area contributed by atoms with Crippen molar-refractivity contribution >= 4 is 5.97 Å². The van der Waals surface area contributed by atoms with Crippen LogP contribution in [-0.2, 0) is 18.4 Å². The molecule has 1 aromatic rings. The number of rotatable bonds is 6. The minimum atomic E-state index is -0.751. The molecule has 0 spiro atoms. The molecule has 0 bridgehead atoms. The molecule has 5 nitrogen and oxygen atoms in total. The monoisotopic (exact) mass is 239 g/mol. The summed E-state index contributed by atoms with van der Waals surface area (Å²) in [5, 5.41) is 13.0. The van der Waals surface area contributed by atoms with Crippen molar-refractivity contribution in [3.05, 3.63) is 17.5 Å². The van der Waals surface area contributed by atoms with E-state index in [4.69, 9.17) is 5.11 Å². The summed E-state index contributed by atoms with van der Waals surface area (Å²) in [6, 6.07) is 0.0390. The fourth-order valence-electron chi connectivity index (χ4n) is 1.88. The first-order valence-corrected chi connectivity index (χ1v) is 5.89. The van der Waals surface area contributed by atoms with Gasteiger partial charge in [0.15, 0.2) is 0 Å². The molecule has 5 heteroatoms. The lowest BCUT2D eigenvalue weighted by Crippen LogP contribution is -2.34. The summed E-state index contributed by atoms with van der Waals surface area (Å²) in [7, 11) is 1.91. The zero-order valence-corrected chi connectivity index (χ0v) is 11.0. The number of hydrogen-bond acceptors (Lipinski definition) is 3. The van der Waals surface area contributed by atoms with Gasteiger partial charge in [-0.15, -0.1) is 0 Å². The van der Waals surface area contributed by atoms with Gasteiger partial charge >= 0.3 is 5.97 Å². The number of aryl methyl sites for hydroxylation is 1. The maximum absolute atomic E-state index is 10.7. The third-order valence-corrected chi connectivity index (χ3v) is 3.21. The van der Waals surface area contributed by atoms with Crippen LogP contribution in [0.15, 0.2) is 6.20 Å². The van der Waals surface area contributed by atoms with Crippen LogP contribution in [0.1, 0.15) is 31.5 Å². The molecule has 0 aliphatic heterocycles. The van der Waals surface area contributed by atoms with Gasteiger partial charge in [0, 0.05) is 30.9 Å². The molecular formula is C12H21N3O2. The van der Waals surface area contributed by atoms with Crippen molar-refractivity contribution in [1.29, 1.82) is 0 Å². The molecule has 17 heavy (non-hydrogen) atoms. The Balaban J connectivity index is 2.69. The molecule has 0 radical (unpaired) electrons. The van der Waals surface area contributed by atoms with Gasteiger partial charge in [-0.3, -0.25) is 14.4 Å². The van der Waals surface area contributed by atoms with E-state index < -0.39 is 5.97 Å². The third-order valence-electron chi connectivity index (χ3n) is 3.21. The second-order valence-electron chi connectivity index (χ2n) is 4.39. The number of hydrogen-bond donors (Lipinski definition) is 1. The fraction of sp³-hybridized carbons (Fsp3) is 0.667. The standard InChI is InChI=1S/C12H21N3O2/c1-5-15(9(2)6-12(16)17)8-11-7-13-14(4)10(11)3/h7,9H,5-6,8H2,1-4H3,(H,16,17). The topological polar surface area (TPSA) is 58.4 Å². The first-order chi connectivity index (χ1) is 7.95. The Labute approximate surface area is 102 Å². The maximum Gasteiger partial charge on any atom is 0.304 e. The molecule has 0 aromatic carbocycles. The van der Waals surface area contributed by atoms with Crippen molar-refractivity contribution in [3.63, 3.8) is 0 Å². The molecular weight excluding hydrogens is 218 g/mol. The van der Waals surface area contributed by atoms with Crippen LogP contribution >= 0.6 is 0 Å². The molecule has 1 aromatic heterocycles. The van der Waals surface area contributed by atoms with E-state index in [-0.39, 0.29) is 12.5 Å². The van der Waals surface area contributed by atoms with Crippen LogP contribution in [-0.4, -0.2) is 38.3 Å². The Morgan fingerprint density at radius 3 is 2.71 bits per heavy atom. The smallest absolute Gasteiger partial charge is 0.304 e. The molecule has 1 N–H and O–H groups in total.